The van der Waals surface area contributed by atoms with E-state index in [2.05, 4.69) is 10.2 Å². The van der Waals surface area contributed by atoms with Crippen molar-refractivity contribution in [2.45, 2.75) is 13.0 Å². The maximum Gasteiger partial charge on any atom is 0.326 e. The molecule has 1 aromatic heterocycles. The zero-order chi connectivity index (χ0) is 7.56. The Morgan fingerprint density at radius 1 is 1.60 bits per heavy atom. The van der Waals surface area contributed by atoms with Gasteiger partial charge >= 0.3 is 5.97 Å². The molecule has 0 radical (unpaired) electrons. The molecule has 0 fully saturated rings. The zero-order valence-corrected chi connectivity index (χ0v) is 5.43. The number of carboxylic acids is 1. The van der Waals surface area contributed by atoms with E-state index >= 15 is 0 Å². The molecule has 1 N–H and O–H groups in total. The summed E-state index contributed by atoms with van der Waals surface area (Å²) in [6.07, 6.45) is 2.75. The van der Waals surface area contributed by atoms with E-state index in [-0.39, 0.29) is 0 Å². The number of aromatic nitrogens is 3. The smallest absolute Gasteiger partial charge is 0.326 e. The first-order chi connectivity index (χ1) is 4.72. The maximum atomic E-state index is 10.3. The minimum Gasteiger partial charge on any atom is -0.480 e. The molecule has 5 heteroatoms. The Morgan fingerprint density at radius 2 is 2.10 bits per heavy atom. The van der Waals surface area contributed by atoms with E-state index in [1.807, 2.05) is 0 Å². The van der Waals surface area contributed by atoms with Gasteiger partial charge in [-0.2, -0.15) is 0 Å². The molecular weight excluding hydrogens is 134 g/mol. The van der Waals surface area contributed by atoms with Crippen LogP contribution in [0.2, 0.25) is 0 Å². The number of nitrogens with zero attached hydrogens (tertiary/aromatic N) is 3. The van der Waals surface area contributed by atoms with Crippen LogP contribution in [0.5, 0.6) is 0 Å². The molecule has 1 atom stereocenters. The number of aliphatic carboxylic acids is 1. The van der Waals surface area contributed by atoms with Crippen LogP contribution in [-0.4, -0.2) is 25.8 Å². The fraction of sp³-hybridized carbons (Fsp3) is 0.400. The van der Waals surface area contributed by atoms with Crippen molar-refractivity contribution in [3.63, 3.8) is 0 Å². The largest absolute Gasteiger partial charge is 0.480 e. The van der Waals surface area contributed by atoms with Crippen LogP contribution in [0.15, 0.2) is 12.7 Å². The molecule has 10 heavy (non-hydrogen) atoms. The summed E-state index contributed by atoms with van der Waals surface area (Å²) in [5.74, 6) is -0.889. The summed E-state index contributed by atoms with van der Waals surface area (Å²) in [4.78, 5) is 10.3. The molecule has 1 aromatic rings. The van der Waals surface area contributed by atoms with E-state index in [9.17, 15) is 4.79 Å². The molecule has 1 heterocycles. The second-order valence-electron chi connectivity index (χ2n) is 1.92. The van der Waals surface area contributed by atoms with Crippen molar-refractivity contribution in [1.29, 1.82) is 0 Å². The summed E-state index contributed by atoms with van der Waals surface area (Å²) in [6.45, 7) is 1.56. The predicted molar refractivity (Wildman–Crippen MR) is 32.4 cm³/mol. The van der Waals surface area contributed by atoms with Gasteiger partial charge in [-0.1, -0.05) is 0 Å². The average molecular weight is 141 g/mol. The van der Waals surface area contributed by atoms with E-state index in [1.165, 1.54) is 17.2 Å². The van der Waals surface area contributed by atoms with Gasteiger partial charge < -0.3 is 9.67 Å². The van der Waals surface area contributed by atoms with Gasteiger partial charge in [-0.05, 0) is 6.92 Å². The summed E-state index contributed by atoms with van der Waals surface area (Å²) >= 11 is 0. The fourth-order valence-corrected chi connectivity index (χ4v) is 0.536. The van der Waals surface area contributed by atoms with E-state index in [0.717, 1.165) is 0 Å². The molecule has 0 amide bonds. The Bertz CT molecular complexity index is 219. The number of hydrogen-bond acceptors (Lipinski definition) is 3. The van der Waals surface area contributed by atoms with Gasteiger partial charge in [0, 0.05) is 0 Å². The van der Waals surface area contributed by atoms with Crippen molar-refractivity contribution in [2.75, 3.05) is 0 Å². The summed E-state index contributed by atoms with van der Waals surface area (Å²) < 4.78 is 1.42. The van der Waals surface area contributed by atoms with Crippen LogP contribution in [0.3, 0.4) is 0 Å². The molecule has 54 valence electrons. The van der Waals surface area contributed by atoms with E-state index < -0.39 is 12.0 Å². The van der Waals surface area contributed by atoms with Crippen LogP contribution in [0.1, 0.15) is 13.0 Å². The first-order valence-corrected chi connectivity index (χ1v) is 2.78. The Labute approximate surface area is 57.3 Å². The summed E-state index contributed by atoms with van der Waals surface area (Å²) in [5, 5.41) is 15.4. The van der Waals surface area contributed by atoms with E-state index in [0.29, 0.717) is 0 Å². The van der Waals surface area contributed by atoms with Crippen molar-refractivity contribution >= 4 is 5.97 Å². The second-order valence-corrected chi connectivity index (χ2v) is 1.92. The van der Waals surface area contributed by atoms with Gasteiger partial charge in [0.15, 0.2) is 0 Å². The van der Waals surface area contributed by atoms with Crippen LogP contribution >= 0.6 is 0 Å². The number of carbonyl (C=O) groups is 1. The van der Waals surface area contributed by atoms with Gasteiger partial charge in [0.1, 0.15) is 18.7 Å². The molecule has 0 bridgehead atoms. The lowest BCUT2D eigenvalue weighted by molar-refractivity contribution is -0.140. The van der Waals surface area contributed by atoms with Crippen LogP contribution < -0.4 is 0 Å². The first-order valence-electron chi connectivity index (χ1n) is 2.78. The van der Waals surface area contributed by atoms with Crippen molar-refractivity contribution in [3.05, 3.63) is 12.7 Å². The van der Waals surface area contributed by atoms with Gasteiger partial charge in [-0.3, -0.25) is 0 Å². The second kappa shape index (κ2) is 2.47. The highest BCUT2D eigenvalue weighted by Gasteiger charge is 2.11. The molecule has 0 aliphatic heterocycles. The standard InChI is InChI=1S/C5H7N3O2/c1-4(5(9)10)8-2-6-7-3-8/h2-4H,1H3,(H,9,10)/t4-/m1/s1. The van der Waals surface area contributed by atoms with Gasteiger partial charge in [0.25, 0.3) is 0 Å². The third kappa shape index (κ3) is 1.12. The quantitative estimate of drug-likeness (QED) is 0.625. The van der Waals surface area contributed by atoms with E-state index in [4.69, 9.17) is 5.11 Å². The normalized spacial score (nSPS) is 12.9. The Kier molecular flexibility index (Phi) is 1.66. The number of rotatable bonds is 2. The summed E-state index contributed by atoms with van der Waals surface area (Å²) in [5.41, 5.74) is 0. The molecule has 0 saturated carbocycles. The van der Waals surface area contributed by atoms with Crippen molar-refractivity contribution in [1.82, 2.24) is 14.8 Å². The van der Waals surface area contributed by atoms with Crippen LogP contribution in [0.25, 0.3) is 0 Å². The zero-order valence-electron chi connectivity index (χ0n) is 5.43. The maximum absolute atomic E-state index is 10.3. The summed E-state index contributed by atoms with van der Waals surface area (Å²) in [6, 6.07) is -0.588. The number of hydrogen-bond donors (Lipinski definition) is 1. The minimum atomic E-state index is -0.889. The lowest BCUT2D eigenvalue weighted by atomic mass is 10.3. The predicted octanol–water partition coefficient (Wildman–Crippen LogP) is -0.0763. The Balaban J connectivity index is 2.77. The Hall–Kier alpha value is -1.39. The van der Waals surface area contributed by atoms with Gasteiger partial charge in [-0.25, -0.2) is 4.79 Å². The molecule has 0 aliphatic rings. The molecule has 0 unspecified atom stereocenters. The molecule has 5 nitrogen and oxygen atoms in total. The molecule has 1 rings (SSSR count). The lowest BCUT2D eigenvalue weighted by Crippen LogP contribution is -2.13. The molecule has 0 spiro atoms. The van der Waals surface area contributed by atoms with Crippen molar-refractivity contribution in [3.8, 4) is 0 Å². The topological polar surface area (TPSA) is 68.0 Å². The highest BCUT2D eigenvalue weighted by atomic mass is 16.4. The van der Waals surface area contributed by atoms with Crippen LogP contribution in [0.4, 0.5) is 0 Å². The highest BCUT2D eigenvalue weighted by Crippen LogP contribution is 2.01. The SMILES string of the molecule is C[C@H](C(=O)O)n1cnnc1. The van der Waals surface area contributed by atoms with Crippen molar-refractivity contribution in [2.24, 2.45) is 0 Å². The Morgan fingerprint density at radius 3 is 2.50 bits per heavy atom. The molecule has 0 aromatic carbocycles. The van der Waals surface area contributed by atoms with Crippen LogP contribution in [-0.2, 0) is 4.79 Å². The lowest BCUT2D eigenvalue weighted by Gasteiger charge is -2.03. The van der Waals surface area contributed by atoms with Crippen molar-refractivity contribution < 1.29 is 9.90 Å². The monoisotopic (exact) mass is 141 g/mol. The highest BCUT2D eigenvalue weighted by molar-refractivity contribution is 5.71. The van der Waals surface area contributed by atoms with E-state index in [1.54, 1.807) is 6.92 Å². The molecule has 0 aliphatic carbocycles. The first kappa shape index (κ1) is 6.73. The van der Waals surface area contributed by atoms with Gasteiger partial charge in [0.05, 0.1) is 0 Å². The average Bonchev–Trinajstić information content (AvgIpc) is 2.36. The molecule has 0 saturated heterocycles. The summed E-state index contributed by atoms with van der Waals surface area (Å²) in [7, 11) is 0. The fourth-order valence-electron chi connectivity index (χ4n) is 0.536. The van der Waals surface area contributed by atoms with Gasteiger partial charge in [-0.15, -0.1) is 10.2 Å². The third-order valence-corrected chi connectivity index (χ3v) is 1.24. The minimum absolute atomic E-state index is 0.588. The molecular formula is C5H7N3O2. The third-order valence-electron chi connectivity index (χ3n) is 1.24. The van der Waals surface area contributed by atoms with Crippen LogP contribution in [0, 0.1) is 0 Å². The van der Waals surface area contributed by atoms with Gasteiger partial charge in [0.2, 0.25) is 0 Å². The number of carboxylic acid groups (broad SMARTS) is 1.